The number of likely N-dealkylation sites (N-methyl/N-ethyl adjacent to an activating group) is 1. The monoisotopic (exact) mass is 297 g/mol. The summed E-state index contributed by atoms with van der Waals surface area (Å²) in [5.74, 6) is 0. The highest BCUT2D eigenvalue weighted by Gasteiger charge is 2.17. The summed E-state index contributed by atoms with van der Waals surface area (Å²) in [5, 5.41) is 8.85. The molecule has 19 heavy (non-hydrogen) atoms. The van der Waals surface area contributed by atoms with Crippen molar-refractivity contribution in [3.63, 3.8) is 0 Å². The van der Waals surface area contributed by atoms with Gasteiger partial charge in [-0.05, 0) is 31.7 Å². The second kappa shape index (κ2) is 5.95. The van der Waals surface area contributed by atoms with Gasteiger partial charge in [-0.15, -0.1) is 0 Å². The third kappa shape index (κ3) is 3.11. The van der Waals surface area contributed by atoms with Crippen molar-refractivity contribution in [2.45, 2.75) is 19.4 Å². The smallest absolute Gasteiger partial charge is 0.0640 e. The molecular weight excluding hydrogens is 281 g/mol. The third-order valence-electron chi connectivity index (χ3n) is 3.22. The van der Waals surface area contributed by atoms with Gasteiger partial charge in [-0.1, -0.05) is 35.3 Å². The molecule has 2 aromatic rings. The molecule has 0 saturated heterocycles. The molecule has 0 fully saturated rings. The van der Waals surface area contributed by atoms with Gasteiger partial charge in [-0.3, -0.25) is 4.68 Å². The highest BCUT2D eigenvalue weighted by atomic mass is 35.5. The predicted octanol–water partition coefficient (Wildman–Crippen LogP) is 3.54. The highest BCUT2D eigenvalue weighted by molar-refractivity contribution is 6.42. The first-order valence-corrected chi connectivity index (χ1v) is 6.89. The van der Waals surface area contributed by atoms with Crippen LogP contribution in [0.1, 0.15) is 23.0 Å². The maximum atomic E-state index is 6.28. The van der Waals surface area contributed by atoms with Crippen molar-refractivity contribution in [3.05, 3.63) is 51.3 Å². The first-order valence-electron chi connectivity index (χ1n) is 6.13. The van der Waals surface area contributed by atoms with Gasteiger partial charge in [0.05, 0.1) is 15.7 Å². The van der Waals surface area contributed by atoms with Gasteiger partial charge in [-0.2, -0.15) is 5.10 Å². The van der Waals surface area contributed by atoms with Gasteiger partial charge in [0.25, 0.3) is 0 Å². The molecule has 5 heteroatoms. The normalized spacial score (nSPS) is 12.7. The summed E-state index contributed by atoms with van der Waals surface area (Å²) in [6, 6.07) is 7.92. The number of rotatable bonds is 4. The molecule has 1 heterocycles. The summed E-state index contributed by atoms with van der Waals surface area (Å²) in [4.78, 5) is 0. The van der Waals surface area contributed by atoms with Crippen molar-refractivity contribution in [2.24, 2.45) is 7.05 Å². The molecule has 3 nitrogen and oxygen atoms in total. The molecule has 0 aliphatic heterocycles. The molecule has 0 aliphatic rings. The van der Waals surface area contributed by atoms with Crippen LogP contribution in [0.3, 0.4) is 0 Å². The van der Waals surface area contributed by atoms with E-state index in [0.717, 1.165) is 23.4 Å². The lowest BCUT2D eigenvalue weighted by Crippen LogP contribution is -2.20. The average molecular weight is 298 g/mol. The average Bonchev–Trinajstić information content (AvgIpc) is 2.68. The van der Waals surface area contributed by atoms with Crippen LogP contribution >= 0.6 is 23.2 Å². The molecule has 0 saturated carbocycles. The Bertz CT molecular complexity index is 578. The minimum absolute atomic E-state index is 0.112. The molecule has 1 N–H and O–H groups in total. The van der Waals surface area contributed by atoms with Gasteiger partial charge in [0.2, 0.25) is 0 Å². The SMILES string of the molecule is CNC(Cc1cc(C)nn1C)c1cccc(Cl)c1Cl. The summed E-state index contributed by atoms with van der Waals surface area (Å²) >= 11 is 12.4. The van der Waals surface area contributed by atoms with E-state index in [2.05, 4.69) is 16.5 Å². The Morgan fingerprint density at radius 2 is 2.11 bits per heavy atom. The number of hydrogen-bond donors (Lipinski definition) is 1. The minimum Gasteiger partial charge on any atom is -0.313 e. The number of benzene rings is 1. The molecule has 0 bridgehead atoms. The van der Waals surface area contributed by atoms with Crippen LogP contribution in [0.25, 0.3) is 0 Å². The fraction of sp³-hybridized carbons (Fsp3) is 0.357. The van der Waals surface area contributed by atoms with Crippen LogP contribution in [-0.2, 0) is 13.5 Å². The lowest BCUT2D eigenvalue weighted by Gasteiger charge is -2.18. The molecule has 2 rings (SSSR count). The molecule has 1 atom stereocenters. The fourth-order valence-electron chi connectivity index (χ4n) is 2.22. The molecule has 1 aromatic heterocycles. The molecule has 1 unspecified atom stereocenters. The zero-order valence-electron chi connectivity index (χ0n) is 11.2. The Morgan fingerprint density at radius 3 is 2.68 bits per heavy atom. The Labute approximate surface area is 123 Å². The van der Waals surface area contributed by atoms with E-state index in [4.69, 9.17) is 23.2 Å². The number of halogens is 2. The minimum atomic E-state index is 0.112. The number of nitrogens with one attached hydrogen (secondary N) is 1. The maximum Gasteiger partial charge on any atom is 0.0640 e. The largest absolute Gasteiger partial charge is 0.313 e. The Balaban J connectivity index is 2.30. The topological polar surface area (TPSA) is 29.9 Å². The van der Waals surface area contributed by atoms with Gasteiger partial charge in [-0.25, -0.2) is 0 Å². The summed E-state index contributed by atoms with van der Waals surface area (Å²) in [6.45, 7) is 1.99. The van der Waals surface area contributed by atoms with Crippen molar-refractivity contribution in [2.75, 3.05) is 7.05 Å². The first-order chi connectivity index (χ1) is 9.02. The molecule has 0 radical (unpaired) electrons. The molecule has 0 spiro atoms. The standard InChI is InChI=1S/C14H17Cl2N3/c1-9-7-10(19(3)18-9)8-13(17-2)11-5-4-6-12(15)14(11)16/h4-7,13,17H,8H2,1-3H3. The number of aryl methyl sites for hydroxylation is 2. The van der Waals surface area contributed by atoms with Crippen LogP contribution in [0.5, 0.6) is 0 Å². The summed E-state index contributed by atoms with van der Waals surface area (Å²) in [6.07, 6.45) is 0.813. The van der Waals surface area contributed by atoms with E-state index < -0.39 is 0 Å². The lowest BCUT2D eigenvalue weighted by atomic mass is 10.0. The van der Waals surface area contributed by atoms with Crippen LogP contribution in [-0.4, -0.2) is 16.8 Å². The van der Waals surface area contributed by atoms with Gasteiger partial charge < -0.3 is 5.32 Å². The predicted molar refractivity (Wildman–Crippen MR) is 79.9 cm³/mol. The zero-order chi connectivity index (χ0) is 14.0. The van der Waals surface area contributed by atoms with Crippen LogP contribution in [0, 0.1) is 6.92 Å². The molecule has 0 aliphatic carbocycles. The van der Waals surface area contributed by atoms with Gasteiger partial charge in [0.15, 0.2) is 0 Å². The maximum absolute atomic E-state index is 6.28. The van der Waals surface area contributed by atoms with Gasteiger partial charge in [0.1, 0.15) is 0 Å². The van der Waals surface area contributed by atoms with Gasteiger partial charge in [0, 0.05) is 25.2 Å². The second-order valence-corrected chi connectivity index (χ2v) is 5.37. The van der Waals surface area contributed by atoms with Crippen LogP contribution in [0.15, 0.2) is 24.3 Å². The van der Waals surface area contributed by atoms with E-state index in [-0.39, 0.29) is 6.04 Å². The molecule has 0 amide bonds. The van der Waals surface area contributed by atoms with E-state index in [0.29, 0.717) is 10.0 Å². The van der Waals surface area contributed by atoms with Crippen molar-refractivity contribution < 1.29 is 0 Å². The number of hydrogen-bond acceptors (Lipinski definition) is 2. The number of aromatic nitrogens is 2. The molecular formula is C14H17Cl2N3. The molecule has 102 valence electrons. The van der Waals surface area contributed by atoms with E-state index >= 15 is 0 Å². The third-order valence-corrected chi connectivity index (χ3v) is 4.05. The summed E-state index contributed by atoms with van der Waals surface area (Å²) < 4.78 is 1.90. The van der Waals surface area contributed by atoms with E-state index in [1.807, 2.05) is 37.8 Å². The Hall–Kier alpha value is -1.03. The summed E-state index contributed by atoms with van der Waals surface area (Å²) in [5.41, 5.74) is 3.19. The van der Waals surface area contributed by atoms with Crippen molar-refractivity contribution in [1.29, 1.82) is 0 Å². The van der Waals surface area contributed by atoms with Crippen LogP contribution < -0.4 is 5.32 Å². The van der Waals surface area contributed by atoms with Crippen molar-refractivity contribution in [3.8, 4) is 0 Å². The van der Waals surface area contributed by atoms with Crippen LogP contribution in [0.4, 0.5) is 0 Å². The second-order valence-electron chi connectivity index (χ2n) is 4.59. The van der Waals surface area contributed by atoms with Crippen LogP contribution in [0.2, 0.25) is 10.0 Å². The summed E-state index contributed by atoms with van der Waals surface area (Å²) in [7, 11) is 3.87. The fourth-order valence-corrected chi connectivity index (χ4v) is 2.66. The molecule has 1 aromatic carbocycles. The quantitative estimate of drug-likeness (QED) is 0.935. The van der Waals surface area contributed by atoms with E-state index in [9.17, 15) is 0 Å². The van der Waals surface area contributed by atoms with Crippen molar-refractivity contribution >= 4 is 23.2 Å². The van der Waals surface area contributed by atoms with E-state index in [1.54, 1.807) is 6.07 Å². The highest BCUT2D eigenvalue weighted by Crippen LogP contribution is 2.31. The van der Waals surface area contributed by atoms with Crippen molar-refractivity contribution in [1.82, 2.24) is 15.1 Å². The first kappa shape index (κ1) is 14.4. The lowest BCUT2D eigenvalue weighted by molar-refractivity contribution is 0.561. The zero-order valence-corrected chi connectivity index (χ0v) is 12.8. The Morgan fingerprint density at radius 1 is 1.37 bits per heavy atom. The Kier molecular flexibility index (Phi) is 4.50. The van der Waals surface area contributed by atoms with E-state index in [1.165, 1.54) is 0 Å². The number of nitrogens with zero attached hydrogens (tertiary/aromatic N) is 2. The van der Waals surface area contributed by atoms with Gasteiger partial charge >= 0.3 is 0 Å².